The summed E-state index contributed by atoms with van der Waals surface area (Å²) in [6, 6.07) is 0.805. The summed E-state index contributed by atoms with van der Waals surface area (Å²) in [5, 5.41) is 0. The van der Waals surface area contributed by atoms with Gasteiger partial charge in [0.25, 0.3) is 5.91 Å². The summed E-state index contributed by atoms with van der Waals surface area (Å²) < 4.78 is 37.7. The van der Waals surface area contributed by atoms with Crippen LogP contribution in [-0.4, -0.2) is 10.9 Å². The Hall–Kier alpha value is -1.59. The molecule has 0 aromatic carbocycles. The fourth-order valence-electron chi connectivity index (χ4n) is 2.51. The minimum atomic E-state index is -4.51. The first-order valence-electron chi connectivity index (χ1n) is 6.24. The Kier molecular flexibility index (Phi) is 3.78. The highest BCUT2D eigenvalue weighted by Crippen LogP contribution is 2.32. The van der Waals surface area contributed by atoms with Crippen molar-refractivity contribution >= 4 is 5.91 Å². The second-order valence-electron chi connectivity index (χ2n) is 4.93. The van der Waals surface area contributed by atoms with Crippen LogP contribution in [0.1, 0.15) is 47.3 Å². The molecule has 1 heterocycles. The van der Waals surface area contributed by atoms with Crippen LogP contribution in [0.25, 0.3) is 0 Å². The fourth-order valence-corrected chi connectivity index (χ4v) is 2.51. The number of nitrogens with zero attached hydrogens (tertiary/aromatic N) is 1. The third-order valence-electron chi connectivity index (χ3n) is 3.52. The molecule has 1 aromatic rings. The zero-order chi connectivity index (χ0) is 14.0. The lowest BCUT2D eigenvalue weighted by Gasteiger charge is -2.13. The molecule has 104 valence electrons. The molecule has 3 nitrogen and oxygen atoms in total. The number of carbonyl (C=O) groups excluding carboxylic acids is 1. The summed E-state index contributed by atoms with van der Waals surface area (Å²) in [7, 11) is 0. The lowest BCUT2D eigenvalue weighted by molar-refractivity contribution is -0.137. The van der Waals surface area contributed by atoms with Gasteiger partial charge in [0.1, 0.15) is 0 Å². The largest absolute Gasteiger partial charge is 0.417 e. The predicted octanol–water partition coefficient (Wildman–Crippen LogP) is 2.93. The normalized spacial score (nSPS) is 16.8. The van der Waals surface area contributed by atoms with E-state index in [0.717, 1.165) is 37.9 Å². The monoisotopic (exact) mass is 272 g/mol. The first kappa shape index (κ1) is 13.8. The molecule has 6 heteroatoms. The quantitative estimate of drug-likeness (QED) is 0.919. The van der Waals surface area contributed by atoms with E-state index in [9.17, 15) is 18.0 Å². The highest BCUT2D eigenvalue weighted by atomic mass is 19.4. The molecule has 1 amide bonds. The molecule has 19 heavy (non-hydrogen) atoms. The smallest absolute Gasteiger partial charge is 0.366 e. The van der Waals surface area contributed by atoms with E-state index < -0.39 is 17.6 Å². The maximum Gasteiger partial charge on any atom is 0.417 e. The Morgan fingerprint density at radius 3 is 2.53 bits per heavy atom. The molecule has 0 saturated heterocycles. The lowest BCUT2D eigenvalue weighted by atomic mass is 9.97. The highest BCUT2D eigenvalue weighted by Gasteiger charge is 2.32. The third-order valence-corrected chi connectivity index (χ3v) is 3.52. The SMILES string of the molecule is NC(=O)c1cc(C(F)(F)F)cnc1CC1CCCC1. The highest BCUT2D eigenvalue weighted by molar-refractivity contribution is 5.94. The molecule has 1 aliphatic rings. The summed E-state index contributed by atoms with van der Waals surface area (Å²) in [4.78, 5) is 15.1. The molecule has 2 rings (SSSR count). The number of aromatic nitrogens is 1. The average Bonchev–Trinajstić information content (AvgIpc) is 2.80. The van der Waals surface area contributed by atoms with Crippen LogP contribution < -0.4 is 5.73 Å². The number of hydrogen-bond acceptors (Lipinski definition) is 2. The maximum absolute atomic E-state index is 12.6. The van der Waals surface area contributed by atoms with E-state index in [-0.39, 0.29) is 5.56 Å². The van der Waals surface area contributed by atoms with Crippen LogP contribution >= 0.6 is 0 Å². The van der Waals surface area contributed by atoms with E-state index in [1.165, 1.54) is 0 Å². The zero-order valence-corrected chi connectivity index (χ0v) is 10.3. The van der Waals surface area contributed by atoms with Gasteiger partial charge in [-0.25, -0.2) is 0 Å². The molecule has 0 spiro atoms. The number of pyridine rings is 1. The second-order valence-corrected chi connectivity index (χ2v) is 4.93. The van der Waals surface area contributed by atoms with Gasteiger partial charge in [-0.2, -0.15) is 13.2 Å². The van der Waals surface area contributed by atoms with Crippen LogP contribution in [-0.2, 0) is 12.6 Å². The van der Waals surface area contributed by atoms with Crippen LogP contribution in [0.4, 0.5) is 13.2 Å². The third kappa shape index (κ3) is 3.24. The minimum Gasteiger partial charge on any atom is -0.366 e. The van der Waals surface area contributed by atoms with E-state index >= 15 is 0 Å². The van der Waals surface area contributed by atoms with Crippen LogP contribution in [0.3, 0.4) is 0 Å². The van der Waals surface area contributed by atoms with E-state index in [4.69, 9.17) is 5.73 Å². The first-order chi connectivity index (χ1) is 8.88. The molecule has 0 atom stereocenters. The topological polar surface area (TPSA) is 56.0 Å². The Bertz CT molecular complexity index is 479. The van der Waals surface area contributed by atoms with Gasteiger partial charge in [-0.05, 0) is 18.4 Å². The van der Waals surface area contributed by atoms with Gasteiger partial charge in [0.05, 0.1) is 16.8 Å². The first-order valence-corrected chi connectivity index (χ1v) is 6.24. The fraction of sp³-hybridized carbons (Fsp3) is 0.538. The average molecular weight is 272 g/mol. The van der Waals surface area contributed by atoms with Crippen molar-refractivity contribution in [1.82, 2.24) is 4.98 Å². The molecule has 0 radical (unpaired) electrons. The maximum atomic E-state index is 12.6. The Morgan fingerprint density at radius 1 is 1.37 bits per heavy atom. The van der Waals surface area contributed by atoms with Crippen molar-refractivity contribution in [1.29, 1.82) is 0 Å². The van der Waals surface area contributed by atoms with E-state index in [2.05, 4.69) is 4.98 Å². The predicted molar refractivity (Wildman–Crippen MR) is 63.4 cm³/mol. The second kappa shape index (κ2) is 5.19. The van der Waals surface area contributed by atoms with Gasteiger partial charge in [0.15, 0.2) is 0 Å². The van der Waals surface area contributed by atoms with Gasteiger partial charge < -0.3 is 5.73 Å². The molecule has 2 N–H and O–H groups in total. The number of primary amides is 1. The number of amides is 1. The number of alkyl halides is 3. The molecular formula is C13H15F3N2O. The van der Waals surface area contributed by atoms with Gasteiger partial charge in [-0.15, -0.1) is 0 Å². The number of nitrogens with two attached hydrogens (primary N) is 1. The van der Waals surface area contributed by atoms with Crippen LogP contribution in [0.5, 0.6) is 0 Å². The van der Waals surface area contributed by atoms with Gasteiger partial charge in [-0.1, -0.05) is 25.7 Å². The van der Waals surface area contributed by atoms with Crippen molar-refractivity contribution in [2.75, 3.05) is 0 Å². The van der Waals surface area contributed by atoms with E-state index in [0.29, 0.717) is 18.0 Å². The van der Waals surface area contributed by atoms with Gasteiger partial charge in [0, 0.05) is 6.20 Å². The minimum absolute atomic E-state index is 0.110. The van der Waals surface area contributed by atoms with Crippen molar-refractivity contribution in [2.45, 2.75) is 38.3 Å². The molecule has 1 aromatic heterocycles. The number of carbonyl (C=O) groups is 1. The van der Waals surface area contributed by atoms with Crippen LogP contribution in [0.2, 0.25) is 0 Å². The van der Waals surface area contributed by atoms with Crippen LogP contribution in [0.15, 0.2) is 12.3 Å². The molecule has 0 unspecified atom stereocenters. The molecule has 0 bridgehead atoms. The summed E-state index contributed by atoms with van der Waals surface area (Å²) >= 11 is 0. The Morgan fingerprint density at radius 2 is 2.00 bits per heavy atom. The standard InChI is InChI=1S/C13H15F3N2O/c14-13(15,16)9-6-10(12(17)19)11(18-7-9)5-8-3-1-2-4-8/h6-8H,1-5H2,(H2,17,19). The molecule has 1 saturated carbocycles. The van der Waals surface area contributed by atoms with Crippen molar-refractivity contribution < 1.29 is 18.0 Å². The molecule has 1 aliphatic carbocycles. The van der Waals surface area contributed by atoms with Crippen LogP contribution in [0, 0.1) is 5.92 Å². The van der Waals surface area contributed by atoms with E-state index in [1.54, 1.807) is 0 Å². The van der Waals surface area contributed by atoms with Crippen molar-refractivity contribution in [3.8, 4) is 0 Å². The molecule has 0 aliphatic heterocycles. The van der Waals surface area contributed by atoms with Crippen molar-refractivity contribution in [3.63, 3.8) is 0 Å². The molecular weight excluding hydrogens is 257 g/mol. The van der Waals surface area contributed by atoms with Gasteiger partial charge in [-0.3, -0.25) is 9.78 Å². The summed E-state index contributed by atoms with van der Waals surface area (Å²) in [6.45, 7) is 0. The molecule has 1 fully saturated rings. The van der Waals surface area contributed by atoms with E-state index in [1.807, 2.05) is 0 Å². The number of rotatable bonds is 3. The van der Waals surface area contributed by atoms with Gasteiger partial charge >= 0.3 is 6.18 Å². The lowest BCUT2D eigenvalue weighted by Crippen LogP contribution is -2.18. The Balaban J connectivity index is 2.29. The summed E-state index contributed by atoms with van der Waals surface area (Å²) in [5.74, 6) is -0.464. The summed E-state index contributed by atoms with van der Waals surface area (Å²) in [5.41, 5.74) is 4.49. The number of hydrogen-bond donors (Lipinski definition) is 1. The Labute approximate surface area is 109 Å². The zero-order valence-electron chi connectivity index (χ0n) is 10.3. The van der Waals surface area contributed by atoms with Crippen molar-refractivity contribution in [2.24, 2.45) is 11.7 Å². The summed E-state index contributed by atoms with van der Waals surface area (Å²) in [6.07, 6.45) is 1.09. The number of halogens is 3. The van der Waals surface area contributed by atoms with Gasteiger partial charge in [0.2, 0.25) is 0 Å². The van der Waals surface area contributed by atoms with Crippen molar-refractivity contribution in [3.05, 3.63) is 29.1 Å².